The molecular formula is C26H37ClF3N5O5. The van der Waals surface area contributed by atoms with Crippen molar-refractivity contribution in [3.05, 3.63) is 0 Å². The van der Waals surface area contributed by atoms with Gasteiger partial charge < -0.3 is 15.5 Å². The second-order valence-corrected chi connectivity index (χ2v) is 12.6. The Balaban J connectivity index is 1.53. The van der Waals surface area contributed by atoms with Gasteiger partial charge in [-0.05, 0) is 29.6 Å². The van der Waals surface area contributed by atoms with E-state index in [0.717, 1.165) is 0 Å². The summed E-state index contributed by atoms with van der Waals surface area (Å²) in [6.45, 7) is 7.80. The molecule has 224 valence electrons. The van der Waals surface area contributed by atoms with E-state index >= 15 is 0 Å². The molecule has 2 aliphatic carbocycles. The minimum atomic E-state index is -2.90. The lowest BCUT2D eigenvalue weighted by molar-refractivity contribution is -0.155. The molecule has 7 atom stereocenters. The monoisotopic (exact) mass is 591 g/mol. The number of carbonyl (C=O) groups excluding carboxylic acids is 5. The standard InChI is InChI=1S/C26H37ClF3N5O5/c1-5-12(2)17(32-21(37)14-8-26(29,30)9-14)23(39)34-11-15-16(25(15,3)4)18(34)22(38)33-35(24(40)19(27)28)10-13-6-7-31-20(13)36/h12-19H,5-11H2,1-4H3,(H,31,36)(H,32,37)(H,33,38)/t12-,13+,15+,16+,17+,18+,19+/m1/s1. The fraction of sp³-hybridized carbons (Fsp3) is 0.808. The van der Waals surface area contributed by atoms with Gasteiger partial charge in [-0.15, -0.1) is 0 Å². The van der Waals surface area contributed by atoms with Crippen molar-refractivity contribution in [1.29, 1.82) is 0 Å². The molecule has 14 heteroatoms. The van der Waals surface area contributed by atoms with Gasteiger partial charge in [0.15, 0.2) is 0 Å². The van der Waals surface area contributed by atoms with E-state index in [0.29, 0.717) is 24.4 Å². The second-order valence-electron chi connectivity index (χ2n) is 12.2. The van der Waals surface area contributed by atoms with Crippen molar-refractivity contribution in [2.24, 2.45) is 35.0 Å². The van der Waals surface area contributed by atoms with E-state index in [-0.39, 0.29) is 42.2 Å². The van der Waals surface area contributed by atoms with Gasteiger partial charge in [-0.2, -0.15) is 0 Å². The van der Waals surface area contributed by atoms with Crippen LogP contribution in [0.15, 0.2) is 0 Å². The number of carbonyl (C=O) groups is 5. The number of piperidine rings is 1. The highest BCUT2D eigenvalue weighted by Gasteiger charge is 2.70. The summed E-state index contributed by atoms with van der Waals surface area (Å²) < 4.78 is 40.5. The Morgan fingerprint density at radius 2 is 1.85 bits per heavy atom. The number of alkyl halides is 4. The maximum Gasteiger partial charge on any atom is 0.291 e. The van der Waals surface area contributed by atoms with Crippen molar-refractivity contribution in [3.8, 4) is 0 Å². The highest BCUT2D eigenvalue weighted by Crippen LogP contribution is 2.65. The zero-order chi connectivity index (χ0) is 29.7. The molecular weight excluding hydrogens is 555 g/mol. The molecule has 4 fully saturated rings. The number of nitrogens with one attached hydrogen (secondary N) is 3. The maximum atomic E-state index is 13.8. The first-order valence-corrected chi connectivity index (χ1v) is 14.2. The molecule has 0 spiro atoms. The van der Waals surface area contributed by atoms with Crippen molar-refractivity contribution >= 4 is 41.1 Å². The highest BCUT2D eigenvalue weighted by molar-refractivity contribution is 6.29. The van der Waals surface area contributed by atoms with Gasteiger partial charge in [0.05, 0.1) is 12.5 Å². The van der Waals surface area contributed by atoms with Crippen molar-refractivity contribution in [1.82, 2.24) is 26.0 Å². The number of fused-ring (bicyclic) bond motifs is 1. The van der Waals surface area contributed by atoms with Gasteiger partial charge in [-0.1, -0.05) is 45.7 Å². The summed E-state index contributed by atoms with van der Waals surface area (Å²) in [5.74, 6) is -8.57. The first kappa shape index (κ1) is 30.4. The average Bonchev–Trinajstić information content (AvgIpc) is 3.21. The Hall–Kier alpha value is -2.57. The lowest BCUT2D eigenvalue weighted by atomic mass is 9.80. The van der Waals surface area contributed by atoms with Crippen LogP contribution in [0, 0.1) is 35.0 Å². The van der Waals surface area contributed by atoms with E-state index in [2.05, 4.69) is 16.1 Å². The molecule has 2 aliphatic heterocycles. The Bertz CT molecular complexity index is 1070. The van der Waals surface area contributed by atoms with Crippen LogP contribution in [-0.4, -0.2) is 82.7 Å². The first-order chi connectivity index (χ1) is 18.6. The fourth-order valence-electron chi connectivity index (χ4n) is 6.34. The lowest BCUT2D eigenvalue weighted by Gasteiger charge is -2.38. The Labute approximate surface area is 236 Å². The Morgan fingerprint density at radius 1 is 1.20 bits per heavy atom. The van der Waals surface area contributed by atoms with E-state index in [4.69, 9.17) is 11.6 Å². The molecule has 2 saturated carbocycles. The number of rotatable bonds is 9. The number of halogens is 4. The van der Waals surface area contributed by atoms with Crippen LogP contribution in [0.1, 0.15) is 53.4 Å². The predicted octanol–water partition coefficient (Wildman–Crippen LogP) is 1.58. The van der Waals surface area contributed by atoms with Gasteiger partial charge in [-0.3, -0.25) is 29.4 Å². The maximum absolute atomic E-state index is 13.8. The molecule has 0 aromatic heterocycles. The molecule has 0 radical (unpaired) electrons. The van der Waals surface area contributed by atoms with Crippen molar-refractivity contribution < 1.29 is 37.1 Å². The third kappa shape index (κ3) is 5.75. The molecule has 3 N–H and O–H groups in total. The topological polar surface area (TPSA) is 128 Å². The fourth-order valence-corrected chi connectivity index (χ4v) is 6.46. The largest absolute Gasteiger partial charge is 0.356 e. The molecule has 5 amide bonds. The lowest BCUT2D eigenvalue weighted by Crippen LogP contribution is -2.61. The van der Waals surface area contributed by atoms with Crippen LogP contribution in [0.3, 0.4) is 0 Å². The summed E-state index contributed by atoms with van der Waals surface area (Å²) in [7, 11) is 0. The quantitative estimate of drug-likeness (QED) is 0.277. The highest BCUT2D eigenvalue weighted by atomic mass is 35.5. The van der Waals surface area contributed by atoms with E-state index in [1.54, 1.807) is 6.92 Å². The molecule has 4 rings (SSSR count). The first-order valence-electron chi connectivity index (χ1n) is 13.8. The number of hydrogen-bond acceptors (Lipinski definition) is 5. The summed E-state index contributed by atoms with van der Waals surface area (Å²) in [6, 6.07) is -2.08. The molecule has 0 bridgehead atoms. The molecule has 0 aromatic carbocycles. The van der Waals surface area contributed by atoms with Crippen LogP contribution < -0.4 is 16.1 Å². The third-order valence-corrected chi connectivity index (χ3v) is 9.45. The van der Waals surface area contributed by atoms with E-state index < -0.39 is 71.9 Å². The van der Waals surface area contributed by atoms with Crippen molar-refractivity contribution in [2.45, 2.75) is 77.0 Å². The Kier molecular flexibility index (Phi) is 8.37. The molecule has 40 heavy (non-hydrogen) atoms. The normalized spacial score (nSPS) is 30.3. The number of likely N-dealkylation sites (tertiary alicyclic amines) is 1. The molecule has 2 saturated heterocycles. The zero-order valence-corrected chi connectivity index (χ0v) is 23.8. The van der Waals surface area contributed by atoms with Crippen LogP contribution in [0.25, 0.3) is 0 Å². The van der Waals surface area contributed by atoms with Gasteiger partial charge in [0, 0.05) is 31.8 Å². The third-order valence-electron chi connectivity index (χ3n) is 9.26. The summed E-state index contributed by atoms with van der Waals surface area (Å²) >= 11 is 5.39. The van der Waals surface area contributed by atoms with E-state index in [9.17, 15) is 37.1 Å². The molecule has 4 aliphatic rings. The van der Waals surface area contributed by atoms with Crippen LogP contribution in [-0.2, 0) is 24.0 Å². The zero-order valence-electron chi connectivity index (χ0n) is 23.0. The number of hydrogen-bond donors (Lipinski definition) is 3. The average molecular weight is 592 g/mol. The van der Waals surface area contributed by atoms with Gasteiger partial charge in [0.25, 0.3) is 17.4 Å². The van der Waals surface area contributed by atoms with Crippen LogP contribution in [0.2, 0.25) is 0 Å². The SMILES string of the molecule is CC[C@@H](C)[C@H](NC(=O)C1CC(F)(F)C1)C(=O)N1C[C@H]2[C@@H]([C@H]1C(=O)NN(C[C@@H]1CCNC1=O)C(=O)[C@H](F)Cl)C2(C)C. The molecule has 0 unspecified atom stereocenters. The number of hydrazine groups is 1. The summed E-state index contributed by atoms with van der Waals surface area (Å²) in [5.41, 5.74) is -0.338. The van der Waals surface area contributed by atoms with Gasteiger partial charge in [0.1, 0.15) is 12.1 Å². The minimum absolute atomic E-state index is 0.0301. The van der Waals surface area contributed by atoms with Crippen LogP contribution >= 0.6 is 11.6 Å². The summed E-state index contributed by atoms with van der Waals surface area (Å²) in [4.78, 5) is 66.2. The number of amides is 5. The summed E-state index contributed by atoms with van der Waals surface area (Å²) in [6.07, 6.45) is -0.273. The van der Waals surface area contributed by atoms with E-state index in [1.807, 2.05) is 20.8 Å². The minimum Gasteiger partial charge on any atom is -0.356 e. The smallest absolute Gasteiger partial charge is 0.291 e. The van der Waals surface area contributed by atoms with Gasteiger partial charge >= 0.3 is 0 Å². The van der Waals surface area contributed by atoms with Crippen LogP contribution in [0.4, 0.5) is 13.2 Å². The van der Waals surface area contributed by atoms with Crippen molar-refractivity contribution in [2.75, 3.05) is 19.6 Å². The van der Waals surface area contributed by atoms with Gasteiger partial charge in [-0.25, -0.2) is 18.2 Å². The number of nitrogens with zero attached hydrogens (tertiary/aromatic N) is 2. The Morgan fingerprint density at radius 3 is 2.38 bits per heavy atom. The van der Waals surface area contributed by atoms with Crippen molar-refractivity contribution in [3.63, 3.8) is 0 Å². The van der Waals surface area contributed by atoms with Crippen LogP contribution in [0.5, 0.6) is 0 Å². The molecule has 2 heterocycles. The second kappa shape index (κ2) is 11.0. The summed E-state index contributed by atoms with van der Waals surface area (Å²) in [5, 5.41) is 5.97. The molecule has 10 nitrogen and oxygen atoms in total. The predicted molar refractivity (Wildman–Crippen MR) is 137 cm³/mol. The van der Waals surface area contributed by atoms with E-state index in [1.165, 1.54) is 4.90 Å². The molecule has 0 aromatic rings. The van der Waals surface area contributed by atoms with Gasteiger partial charge in [0.2, 0.25) is 23.6 Å².